The summed E-state index contributed by atoms with van der Waals surface area (Å²) >= 11 is 0. The third-order valence-electron chi connectivity index (χ3n) is 4.01. The minimum absolute atomic E-state index is 0.574. The van der Waals surface area contributed by atoms with Crippen molar-refractivity contribution in [1.82, 2.24) is 10.2 Å². The van der Waals surface area contributed by atoms with Crippen molar-refractivity contribution in [2.45, 2.75) is 38.1 Å². The maximum absolute atomic E-state index is 5.57. The van der Waals surface area contributed by atoms with E-state index in [1.54, 1.807) is 0 Å². The summed E-state index contributed by atoms with van der Waals surface area (Å²) in [4.78, 5) is 2.66. The first-order valence-electron chi connectivity index (χ1n) is 6.87. The molecule has 16 heavy (non-hydrogen) atoms. The summed E-state index contributed by atoms with van der Waals surface area (Å²) in [5.41, 5.74) is 0. The Morgan fingerprint density at radius 2 is 1.75 bits per heavy atom. The van der Waals surface area contributed by atoms with Crippen molar-refractivity contribution in [3.63, 3.8) is 0 Å². The van der Waals surface area contributed by atoms with Crippen LogP contribution in [0.3, 0.4) is 0 Å². The van der Waals surface area contributed by atoms with Gasteiger partial charge in [0, 0.05) is 18.5 Å². The fourth-order valence-electron chi connectivity index (χ4n) is 2.92. The summed E-state index contributed by atoms with van der Waals surface area (Å²) in [6.07, 6.45) is 7.06. The SMILES string of the molecule is CNC1COCC1CN1CCCCCCC1. The number of nitrogens with zero attached hydrogens (tertiary/aromatic N) is 1. The highest BCUT2D eigenvalue weighted by molar-refractivity contribution is 4.82. The fraction of sp³-hybridized carbons (Fsp3) is 1.00. The van der Waals surface area contributed by atoms with Crippen LogP contribution in [0.15, 0.2) is 0 Å². The molecule has 0 amide bonds. The van der Waals surface area contributed by atoms with E-state index in [0.29, 0.717) is 12.0 Å². The molecule has 2 aliphatic heterocycles. The van der Waals surface area contributed by atoms with Crippen LogP contribution in [-0.2, 0) is 4.74 Å². The lowest BCUT2D eigenvalue weighted by Gasteiger charge is -2.28. The van der Waals surface area contributed by atoms with Crippen LogP contribution in [0.4, 0.5) is 0 Å². The molecule has 94 valence electrons. The average Bonchev–Trinajstić information content (AvgIpc) is 2.69. The van der Waals surface area contributed by atoms with Gasteiger partial charge in [0.15, 0.2) is 0 Å². The standard InChI is InChI=1S/C13H26N2O/c1-14-13-11-16-10-12(13)9-15-7-5-3-2-4-6-8-15/h12-14H,2-11H2,1H3. The van der Waals surface area contributed by atoms with E-state index in [0.717, 1.165) is 13.2 Å². The van der Waals surface area contributed by atoms with E-state index in [1.807, 2.05) is 0 Å². The molecular weight excluding hydrogens is 200 g/mol. The van der Waals surface area contributed by atoms with Crippen molar-refractivity contribution < 1.29 is 4.74 Å². The molecule has 0 aromatic rings. The van der Waals surface area contributed by atoms with Gasteiger partial charge >= 0.3 is 0 Å². The van der Waals surface area contributed by atoms with Crippen LogP contribution in [0.25, 0.3) is 0 Å². The van der Waals surface area contributed by atoms with Gasteiger partial charge in [-0.05, 0) is 33.0 Å². The minimum atomic E-state index is 0.574. The second kappa shape index (κ2) is 6.58. The van der Waals surface area contributed by atoms with Crippen LogP contribution in [-0.4, -0.2) is 50.8 Å². The lowest BCUT2D eigenvalue weighted by molar-refractivity contribution is 0.162. The second-order valence-electron chi connectivity index (χ2n) is 5.26. The fourth-order valence-corrected chi connectivity index (χ4v) is 2.92. The predicted octanol–water partition coefficient (Wildman–Crippen LogP) is 1.49. The van der Waals surface area contributed by atoms with Gasteiger partial charge in [-0.1, -0.05) is 19.3 Å². The van der Waals surface area contributed by atoms with Crippen LogP contribution in [0.2, 0.25) is 0 Å². The molecule has 0 aliphatic carbocycles. The summed E-state index contributed by atoms with van der Waals surface area (Å²) in [6, 6.07) is 0.574. The molecule has 1 N–H and O–H groups in total. The summed E-state index contributed by atoms with van der Waals surface area (Å²) in [5.74, 6) is 0.699. The summed E-state index contributed by atoms with van der Waals surface area (Å²) in [7, 11) is 2.06. The molecular formula is C13H26N2O. The van der Waals surface area contributed by atoms with Gasteiger partial charge in [-0.15, -0.1) is 0 Å². The topological polar surface area (TPSA) is 24.5 Å². The van der Waals surface area contributed by atoms with Crippen LogP contribution in [0, 0.1) is 5.92 Å². The highest BCUT2D eigenvalue weighted by Crippen LogP contribution is 2.17. The third kappa shape index (κ3) is 3.44. The van der Waals surface area contributed by atoms with Crippen LogP contribution in [0.5, 0.6) is 0 Å². The first-order chi connectivity index (χ1) is 7.90. The summed E-state index contributed by atoms with van der Waals surface area (Å²) < 4.78 is 5.57. The summed E-state index contributed by atoms with van der Waals surface area (Å²) in [6.45, 7) is 5.67. The molecule has 2 saturated heterocycles. The maximum atomic E-state index is 5.57. The zero-order chi connectivity index (χ0) is 11.2. The number of nitrogens with one attached hydrogen (secondary N) is 1. The predicted molar refractivity (Wildman–Crippen MR) is 66.7 cm³/mol. The van der Waals surface area contributed by atoms with Gasteiger partial charge < -0.3 is 15.0 Å². The number of hydrogen-bond donors (Lipinski definition) is 1. The highest BCUT2D eigenvalue weighted by atomic mass is 16.5. The van der Waals surface area contributed by atoms with E-state index in [1.165, 1.54) is 51.7 Å². The van der Waals surface area contributed by atoms with Gasteiger partial charge in [-0.25, -0.2) is 0 Å². The zero-order valence-corrected chi connectivity index (χ0v) is 10.6. The van der Waals surface area contributed by atoms with E-state index >= 15 is 0 Å². The van der Waals surface area contributed by atoms with Gasteiger partial charge in [0.05, 0.1) is 13.2 Å². The molecule has 2 fully saturated rings. The van der Waals surface area contributed by atoms with Gasteiger partial charge in [0.25, 0.3) is 0 Å². The Kier molecular flexibility index (Phi) is 5.07. The van der Waals surface area contributed by atoms with E-state index < -0.39 is 0 Å². The monoisotopic (exact) mass is 226 g/mol. The van der Waals surface area contributed by atoms with Crippen molar-refractivity contribution in [3.05, 3.63) is 0 Å². The molecule has 0 radical (unpaired) electrons. The molecule has 3 heteroatoms. The Morgan fingerprint density at radius 1 is 1.06 bits per heavy atom. The van der Waals surface area contributed by atoms with Crippen LogP contribution >= 0.6 is 0 Å². The third-order valence-corrected chi connectivity index (χ3v) is 4.01. The Morgan fingerprint density at radius 3 is 2.44 bits per heavy atom. The smallest absolute Gasteiger partial charge is 0.0623 e. The van der Waals surface area contributed by atoms with Gasteiger partial charge in [-0.3, -0.25) is 0 Å². The Labute approximate surface area is 99.5 Å². The van der Waals surface area contributed by atoms with E-state index in [9.17, 15) is 0 Å². The lowest BCUT2D eigenvalue weighted by atomic mass is 10.0. The van der Waals surface area contributed by atoms with Crippen molar-refractivity contribution in [2.24, 2.45) is 5.92 Å². The van der Waals surface area contributed by atoms with Crippen LogP contribution < -0.4 is 5.32 Å². The van der Waals surface area contributed by atoms with Crippen molar-refractivity contribution in [1.29, 1.82) is 0 Å². The van der Waals surface area contributed by atoms with Crippen molar-refractivity contribution in [2.75, 3.05) is 39.9 Å². The number of hydrogen-bond acceptors (Lipinski definition) is 3. The molecule has 0 spiro atoms. The van der Waals surface area contributed by atoms with E-state index in [4.69, 9.17) is 4.74 Å². The largest absolute Gasteiger partial charge is 0.379 e. The van der Waals surface area contributed by atoms with Crippen molar-refractivity contribution in [3.8, 4) is 0 Å². The molecule has 0 aromatic heterocycles. The first kappa shape index (κ1) is 12.3. The Balaban J connectivity index is 1.77. The van der Waals surface area contributed by atoms with E-state index in [2.05, 4.69) is 17.3 Å². The lowest BCUT2D eigenvalue weighted by Crippen LogP contribution is -2.41. The molecule has 0 saturated carbocycles. The molecule has 2 aliphatic rings. The van der Waals surface area contributed by atoms with E-state index in [-0.39, 0.29) is 0 Å². The summed E-state index contributed by atoms with van der Waals surface area (Å²) in [5, 5.41) is 3.38. The zero-order valence-electron chi connectivity index (χ0n) is 10.6. The normalized spacial score (nSPS) is 33.6. The highest BCUT2D eigenvalue weighted by Gasteiger charge is 2.28. The first-order valence-corrected chi connectivity index (χ1v) is 6.87. The Hall–Kier alpha value is -0.120. The van der Waals surface area contributed by atoms with Gasteiger partial charge in [-0.2, -0.15) is 0 Å². The van der Waals surface area contributed by atoms with Crippen LogP contribution in [0.1, 0.15) is 32.1 Å². The van der Waals surface area contributed by atoms with Gasteiger partial charge in [0.1, 0.15) is 0 Å². The number of likely N-dealkylation sites (tertiary alicyclic amines) is 1. The minimum Gasteiger partial charge on any atom is -0.379 e. The molecule has 3 nitrogen and oxygen atoms in total. The number of ether oxygens (including phenoxy) is 1. The van der Waals surface area contributed by atoms with Gasteiger partial charge in [0.2, 0.25) is 0 Å². The molecule has 2 unspecified atom stereocenters. The average molecular weight is 226 g/mol. The quantitative estimate of drug-likeness (QED) is 0.789. The molecule has 2 heterocycles. The molecule has 0 aromatic carbocycles. The number of rotatable bonds is 3. The van der Waals surface area contributed by atoms with Crippen molar-refractivity contribution >= 4 is 0 Å². The second-order valence-corrected chi connectivity index (χ2v) is 5.26. The Bertz CT molecular complexity index is 190. The number of likely N-dealkylation sites (N-methyl/N-ethyl adjacent to an activating group) is 1. The maximum Gasteiger partial charge on any atom is 0.0623 e. The molecule has 2 rings (SSSR count). The molecule has 0 bridgehead atoms. The molecule has 2 atom stereocenters.